The first kappa shape index (κ1) is 27.1. The van der Waals surface area contributed by atoms with Crippen LogP contribution in [-0.2, 0) is 0 Å². The molecule has 148 valence electrons. The Bertz CT molecular complexity index is 255. The van der Waals surface area contributed by atoms with E-state index >= 15 is 0 Å². The summed E-state index contributed by atoms with van der Waals surface area (Å²) in [6, 6.07) is 0. The molecule has 4 nitrogen and oxygen atoms in total. The molecule has 10 radical (unpaired) electrons. The summed E-state index contributed by atoms with van der Waals surface area (Å²) in [5, 5.41) is 0. The fourth-order valence-corrected chi connectivity index (χ4v) is 43.1. The lowest BCUT2D eigenvalue weighted by atomic mass is 10.7. The molecule has 0 amide bonds. The zero-order valence-electron chi connectivity index (χ0n) is 18.4. The van der Waals surface area contributed by atoms with E-state index in [0.29, 0.717) is 0 Å². The van der Waals surface area contributed by atoms with Crippen molar-refractivity contribution in [2.45, 2.75) is 55.4 Å². The molecule has 0 aliphatic heterocycles. The van der Waals surface area contributed by atoms with Crippen molar-refractivity contribution in [1.29, 1.82) is 0 Å². The van der Waals surface area contributed by atoms with Crippen LogP contribution in [-0.4, -0.2) is 122 Å². The third-order valence-electron chi connectivity index (χ3n) is 4.38. The van der Waals surface area contributed by atoms with Crippen LogP contribution in [0.25, 0.3) is 0 Å². The molecule has 10 heteroatoms. The summed E-state index contributed by atoms with van der Waals surface area (Å²) in [5.41, 5.74) is 0. The first-order valence-electron chi connectivity index (χ1n) is 10.3. The number of hydrogen-bond donors (Lipinski definition) is 0. The molecule has 0 N–H and O–H groups in total. The number of nitrogens with zero attached hydrogens (tertiary/aromatic N) is 4. The molecule has 0 bridgehead atoms. The molecule has 0 rings (SSSR count). The van der Waals surface area contributed by atoms with Gasteiger partial charge in [0, 0.05) is 0 Å². The third-order valence-corrected chi connectivity index (χ3v) is 43.6. The van der Waals surface area contributed by atoms with Crippen LogP contribution in [0, 0.1) is 0 Å². The molecule has 0 heterocycles. The Morgan fingerprint density at radius 3 is 0.654 bits per heavy atom. The molecule has 0 aromatic carbocycles. The second kappa shape index (κ2) is 17.0. The van der Waals surface area contributed by atoms with Crippen LogP contribution < -0.4 is 0 Å². The molecular weight excluding hydrogens is 417 g/mol. The lowest BCUT2D eigenvalue weighted by Crippen LogP contribution is -2.66. The van der Waals surface area contributed by atoms with Crippen LogP contribution in [0.15, 0.2) is 0 Å². The molecule has 0 aromatic rings. The van der Waals surface area contributed by atoms with Crippen LogP contribution in [0.3, 0.4) is 0 Å². The zero-order valence-corrected chi connectivity index (χ0v) is 24.4. The average molecular weight is 457 g/mol. The van der Waals surface area contributed by atoms with E-state index in [1.807, 2.05) is 0 Å². The van der Waals surface area contributed by atoms with Gasteiger partial charge in [-0.3, -0.25) is 0 Å². The first-order chi connectivity index (χ1) is 12.5. The zero-order chi connectivity index (χ0) is 19.9. The van der Waals surface area contributed by atoms with E-state index in [2.05, 4.69) is 73.7 Å². The first-order valence-corrected chi connectivity index (χ1v) is 22.1. The summed E-state index contributed by atoms with van der Waals surface area (Å²) in [5.74, 6) is 0. The third kappa shape index (κ3) is 10.6. The molecule has 0 saturated heterocycles. The second-order valence-electron chi connectivity index (χ2n) is 5.89. The molecule has 0 aliphatic carbocycles. The number of rotatable bonds is 17. The summed E-state index contributed by atoms with van der Waals surface area (Å²) in [6.45, 7) is 28.6. The van der Waals surface area contributed by atoms with E-state index in [0.717, 1.165) is 36.8 Å². The lowest BCUT2D eigenvalue weighted by Gasteiger charge is -2.35. The Labute approximate surface area is 177 Å². The summed E-state index contributed by atoms with van der Waals surface area (Å²) in [7, 11) is 3.82. The maximum absolute atomic E-state index is 2.74. The van der Waals surface area contributed by atoms with Gasteiger partial charge in [0.05, 0.1) is 14.7 Å². The van der Waals surface area contributed by atoms with E-state index in [1.54, 1.807) is 0 Å². The highest BCUT2D eigenvalue weighted by atomic mass is 30.1. The van der Waals surface area contributed by atoms with Crippen LogP contribution >= 0.6 is 0 Å². The molecular formula is C16H40N4Si6. The summed E-state index contributed by atoms with van der Waals surface area (Å²) in [6.07, 6.45) is 0. The maximum atomic E-state index is 2.74. The Hall–Kier alpha value is 1.14. The minimum atomic E-state index is -0.308. The molecule has 0 fully saturated rings. The van der Waals surface area contributed by atoms with Crippen molar-refractivity contribution >= 4 is 51.5 Å². The van der Waals surface area contributed by atoms with Crippen LogP contribution in [0.2, 0.25) is 0 Å². The predicted molar refractivity (Wildman–Crippen MR) is 126 cm³/mol. The Kier molecular flexibility index (Phi) is 17.8. The van der Waals surface area contributed by atoms with Crippen LogP contribution in [0.1, 0.15) is 55.4 Å². The lowest BCUT2D eigenvalue weighted by molar-refractivity contribution is 0.495. The highest BCUT2D eigenvalue weighted by molar-refractivity contribution is 7.82. The topological polar surface area (TPSA) is 13.0 Å². The van der Waals surface area contributed by atoms with Gasteiger partial charge in [-0.15, -0.1) is 0 Å². The quantitative estimate of drug-likeness (QED) is 0.301. The van der Waals surface area contributed by atoms with Gasteiger partial charge in [0.2, 0.25) is 0 Å². The van der Waals surface area contributed by atoms with Gasteiger partial charge in [0.1, 0.15) is 36.8 Å². The smallest absolute Gasteiger partial charge is 0.118 e. The van der Waals surface area contributed by atoms with E-state index < -0.39 is 0 Å². The van der Waals surface area contributed by atoms with Gasteiger partial charge in [-0.25, -0.2) is 0 Å². The van der Waals surface area contributed by atoms with Crippen molar-refractivity contribution < 1.29 is 0 Å². The molecule has 0 spiro atoms. The Morgan fingerprint density at radius 2 is 0.538 bits per heavy atom. The highest BCUT2D eigenvalue weighted by Crippen LogP contribution is 2.01. The van der Waals surface area contributed by atoms with E-state index in [-0.39, 0.29) is 14.7 Å². The van der Waals surface area contributed by atoms with Gasteiger partial charge in [-0.2, -0.15) is 0 Å². The second-order valence-corrected chi connectivity index (χ2v) is 31.5. The fraction of sp³-hybridized carbons (Fsp3) is 1.00. The molecule has 0 aromatic heterocycles. The average Bonchev–Trinajstić information content (AvgIpc) is 2.69. The molecule has 0 aliphatic rings. The van der Waals surface area contributed by atoms with Crippen molar-refractivity contribution in [3.63, 3.8) is 0 Å². The number of hydrogen-bond acceptors (Lipinski definition) is 4. The maximum Gasteiger partial charge on any atom is 0.118 e. The fourth-order valence-electron chi connectivity index (χ4n) is 2.43. The van der Waals surface area contributed by atoms with Crippen molar-refractivity contribution in [3.05, 3.63) is 0 Å². The van der Waals surface area contributed by atoms with Gasteiger partial charge in [-0.05, 0) is 52.4 Å². The predicted octanol–water partition coefficient (Wildman–Crippen LogP) is 0.885. The van der Waals surface area contributed by atoms with Crippen LogP contribution in [0.5, 0.6) is 0 Å². The monoisotopic (exact) mass is 456 g/mol. The largest absolute Gasteiger partial charge is 0.329 e. The van der Waals surface area contributed by atoms with Gasteiger partial charge in [0.25, 0.3) is 0 Å². The van der Waals surface area contributed by atoms with E-state index in [9.17, 15) is 0 Å². The molecule has 0 atom stereocenters. The van der Waals surface area contributed by atoms with Crippen molar-refractivity contribution in [2.75, 3.05) is 52.4 Å². The van der Waals surface area contributed by atoms with E-state index in [4.69, 9.17) is 0 Å². The Balaban J connectivity index is 5.45. The summed E-state index contributed by atoms with van der Waals surface area (Å²) in [4.78, 5) is 0. The molecule has 0 unspecified atom stereocenters. The van der Waals surface area contributed by atoms with Crippen LogP contribution in [0.4, 0.5) is 0 Å². The Morgan fingerprint density at radius 1 is 0.385 bits per heavy atom. The van der Waals surface area contributed by atoms with Crippen molar-refractivity contribution in [3.8, 4) is 0 Å². The van der Waals surface area contributed by atoms with Crippen molar-refractivity contribution in [2.24, 2.45) is 0 Å². The minimum absolute atomic E-state index is 0.308. The minimum Gasteiger partial charge on any atom is -0.329 e. The van der Waals surface area contributed by atoms with Gasteiger partial charge in [0.15, 0.2) is 0 Å². The molecule has 0 saturated carbocycles. The normalized spacial score (nSPS) is 12.7. The summed E-state index contributed by atoms with van der Waals surface area (Å²) < 4.78 is 11.0. The van der Waals surface area contributed by atoms with Gasteiger partial charge < -0.3 is 18.3 Å². The van der Waals surface area contributed by atoms with Gasteiger partial charge >= 0.3 is 0 Å². The summed E-state index contributed by atoms with van der Waals surface area (Å²) >= 11 is 0. The van der Waals surface area contributed by atoms with Gasteiger partial charge in [-0.1, -0.05) is 55.4 Å². The van der Waals surface area contributed by atoms with E-state index in [1.165, 1.54) is 52.4 Å². The molecule has 26 heavy (non-hydrogen) atoms. The highest BCUT2D eigenvalue weighted by Gasteiger charge is 2.33. The SMILES string of the molecule is CCN(CC)[Si][Si]([Si]N(CC)CC)[Si]([Si]N(CC)CC)[Si]N(CC)CC. The standard InChI is InChI=1S/C16H40N4Si6/c1-9-17(10-2)21-25(22-18(11-3)12-4)26(23-19(13-5)14-6)24-20(15-7)16-8/h9-16H2,1-8H3. The van der Waals surface area contributed by atoms with Crippen molar-refractivity contribution in [1.82, 2.24) is 18.3 Å².